The van der Waals surface area contributed by atoms with Gasteiger partial charge in [-0.3, -0.25) is 4.79 Å². The van der Waals surface area contributed by atoms with Crippen LogP contribution in [0.1, 0.15) is 20.8 Å². The number of ether oxygens (including phenoxy) is 2. The van der Waals surface area contributed by atoms with E-state index >= 15 is 0 Å². The van der Waals surface area contributed by atoms with E-state index in [0.717, 1.165) is 0 Å². The molecule has 0 bridgehead atoms. The Morgan fingerprint density at radius 2 is 2.00 bits per heavy atom. The Labute approximate surface area is 119 Å². The van der Waals surface area contributed by atoms with Gasteiger partial charge in [-0.1, -0.05) is 6.92 Å². The lowest BCUT2D eigenvalue weighted by molar-refractivity contribution is -0.121. The predicted molar refractivity (Wildman–Crippen MR) is 78.7 cm³/mol. The van der Waals surface area contributed by atoms with Crippen LogP contribution in [-0.2, 0) is 9.53 Å². The van der Waals surface area contributed by atoms with Gasteiger partial charge in [-0.25, -0.2) is 0 Å². The van der Waals surface area contributed by atoms with Gasteiger partial charge in [0.05, 0.1) is 36.6 Å². The second-order valence-corrected chi connectivity index (χ2v) is 5.37. The van der Waals surface area contributed by atoms with Crippen molar-refractivity contribution in [2.45, 2.75) is 33.0 Å². The topological polar surface area (TPSA) is 73.6 Å². The molecule has 1 amide bonds. The molecule has 2 rings (SSSR count). The molecule has 1 aliphatic rings. The number of nitrogen functional groups attached to an aromatic ring is 1. The van der Waals surface area contributed by atoms with Gasteiger partial charge in [-0.15, -0.1) is 0 Å². The van der Waals surface area contributed by atoms with Crippen molar-refractivity contribution >= 4 is 17.3 Å². The summed E-state index contributed by atoms with van der Waals surface area (Å²) in [6.45, 7) is 5.97. The SMILES string of the molecule is COc1ccc(NC(=O)C2C(C)OC(C)C2C)c(N)c1. The predicted octanol–water partition coefficient (Wildman–Crippen LogP) is 2.28. The van der Waals surface area contributed by atoms with Gasteiger partial charge in [0, 0.05) is 6.07 Å². The van der Waals surface area contributed by atoms with Crippen LogP contribution < -0.4 is 15.8 Å². The number of methoxy groups -OCH3 is 1. The standard InChI is InChI=1S/C15H22N2O3/c1-8-9(2)20-10(3)14(8)15(18)17-13-6-5-11(19-4)7-12(13)16/h5-10,14H,16H2,1-4H3,(H,17,18). The summed E-state index contributed by atoms with van der Waals surface area (Å²) in [4.78, 5) is 12.4. The summed E-state index contributed by atoms with van der Waals surface area (Å²) in [5, 5.41) is 2.89. The molecular weight excluding hydrogens is 256 g/mol. The molecule has 0 spiro atoms. The monoisotopic (exact) mass is 278 g/mol. The zero-order valence-electron chi connectivity index (χ0n) is 12.3. The number of carbonyl (C=O) groups is 1. The highest BCUT2D eigenvalue weighted by atomic mass is 16.5. The van der Waals surface area contributed by atoms with Crippen LogP contribution in [0.5, 0.6) is 5.75 Å². The molecule has 4 atom stereocenters. The first-order valence-corrected chi connectivity index (χ1v) is 6.84. The second kappa shape index (κ2) is 5.71. The first-order chi connectivity index (χ1) is 9.43. The first-order valence-electron chi connectivity index (χ1n) is 6.84. The van der Waals surface area contributed by atoms with Gasteiger partial charge in [0.25, 0.3) is 0 Å². The zero-order valence-corrected chi connectivity index (χ0v) is 12.3. The van der Waals surface area contributed by atoms with Gasteiger partial charge in [-0.2, -0.15) is 0 Å². The largest absolute Gasteiger partial charge is 0.497 e. The Balaban J connectivity index is 2.12. The summed E-state index contributed by atoms with van der Waals surface area (Å²) in [5.74, 6) is 0.641. The van der Waals surface area contributed by atoms with Crippen molar-refractivity contribution in [3.05, 3.63) is 18.2 Å². The number of amides is 1. The Bertz CT molecular complexity index is 504. The number of rotatable bonds is 3. The van der Waals surface area contributed by atoms with Crippen molar-refractivity contribution in [2.24, 2.45) is 11.8 Å². The normalized spacial score (nSPS) is 29.2. The van der Waals surface area contributed by atoms with Crippen LogP contribution in [0.3, 0.4) is 0 Å². The fourth-order valence-electron chi connectivity index (χ4n) is 2.72. The minimum absolute atomic E-state index is 0.0498. The van der Waals surface area contributed by atoms with E-state index in [4.69, 9.17) is 15.2 Å². The van der Waals surface area contributed by atoms with Crippen LogP contribution >= 0.6 is 0 Å². The lowest BCUT2D eigenvalue weighted by Gasteiger charge is -2.18. The molecule has 3 N–H and O–H groups in total. The number of nitrogens with two attached hydrogens (primary N) is 1. The number of hydrogen-bond acceptors (Lipinski definition) is 4. The van der Waals surface area contributed by atoms with E-state index in [1.165, 1.54) is 0 Å². The van der Waals surface area contributed by atoms with Crippen LogP contribution in [0.25, 0.3) is 0 Å². The molecule has 20 heavy (non-hydrogen) atoms. The van der Waals surface area contributed by atoms with E-state index in [-0.39, 0.29) is 30.0 Å². The summed E-state index contributed by atoms with van der Waals surface area (Å²) in [6, 6.07) is 5.21. The van der Waals surface area contributed by atoms with Gasteiger partial charge in [-0.05, 0) is 31.9 Å². The molecule has 5 heteroatoms. The maximum atomic E-state index is 12.4. The summed E-state index contributed by atoms with van der Waals surface area (Å²) in [6.07, 6.45) is 0.00781. The number of anilines is 2. The average Bonchev–Trinajstić information content (AvgIpc) is 2.65. The highest BCUT2D eigenvalue weighted by molar-refractivity contribution is 5.96. The van der Waals surface area contributed by atoms with Crippen LogP contribution in [-0.4, -0.2) is 25.2 Å². The third-order valence-corrected chi connectivity index (χ3v) is 4.06. The van der Waals surface area contributed by atoms with E-state index in [9.17, 15) is 4.79 Å². The Morgan fingerprint density at radius 1 is 1.30 bits per heavy atom. The maximum absolute atomic E-state index is 12.4. The van der Waals surface area contributed by atoms with E-state index < -0.39 is 0 Å². The molecule has 1 saturated heterocycles. The van der Waals surface area contributed by atoms with Crippen LogP contribution in [0.4, 0.5) is 11.4 Å². The number of nitrogens with one attached hydrogen (secondary N) is 1. The number of hydrogen-bond donors (Lipinski definition) is 2. The van der Waals surface area contributed by atoms with Gasteiger partial charge in [0.1, 0.15) is 5.75 Å². The molecule has 110 valence electrons. The Kier molecular flexibility index (Phi) is 4.18. The van der Waals surface area contributed by atoms with E-state index in [1.54, 1.807) is 25.3 Å². The lowest BCUT2D eigenvalue weighted by Crippen LogP contribution is -2.32. The quantitative estimate of drug-likeness (QED) is 0.832. The Hall–Kier alpha value is -1.75. The van der Waals surface area contributed by atoms with Gasteiger partial charge in [0.15, 0.2) is 0 Å². The van der Waals surface area contributed by atoms with Crippen molar-refractivity contribution < 1.29 is 14.3 Å². The molecule has 5 nitrogen and oxygen atoms in total. The third-order valence-electron chi connectivity index (χ3n) is 4.06. The third kappa shape index (κ3) is 2.72. The van der Waals surface area contributed by atoms with Crippen molar-refractivity contribution in [3.8, 4) is 5.75 Å². The highest BCUT2D eigenvalue weighted by Crippen LogP contribution is 2.33. The summed E-state index contributed by atoms with van der Waals surface area (Å²) < 4.78 is 10.8. The summed E-state index contributed by atoms with van der Waals surface area (Å²) in [7, 11) is 1.58. The molecule has 1 aliphatic heterocycles. The van der Waals surface area contributed by atoms with Crippen molar-refractivity contribution in [1.82, 2.24) is 0 Å². The van der Waals surface area contributed by atoms with Crippen molar-refractivity contribution in [1.29, 1.82) is 0 Å². The molecule has 1 fully saturated rings. The van der Waals surface area contributed by atoms with Crippen molar-refractivity contribution in [3.63, 3.8) is 0 Å². The first kappa shape index (κ1) is 14.7. The molecular formula is C15H22N2O3. The zero-order chi connectivity index (χ0) is 14.9. The van der Waals surface area contributed by atoms with Gasteiger partial charge in [0.2, 0.25) is 5.91 Å². The van der Waals surface area contributed by atoms with Gasteiger partial charge < -0.3 is 20.5 Å². The number of benzene rings is 1. The fourth-order valence-corrected chi connectivity index (χ4v) is 2.72. The molecule has 1 aromatic rings. The molecule has 0 aromatic heterocycles. The molecule has 0 aliphatic carbocycles. The van der Waals surface area contributed by atoms with E-state index in [2.05, 4.69) is 5.32 Å². The van der Waals surface area contributed by atoms with E-state index in [1.807, 2.05) is 20.8 Å². The summed E-state index contributed by atoms with van der Waals surface area (Å²) >= 11 is 0. The molecule has 0 saturated carbocycles. The highest BCUT2D eigenvalue weighted by Gasteiger charge is 2.41. The van der Waals surface area contributed by atoms with Gasteiger partial charge >= 0.3 is 0 Å². The maximum Gasteiger partial charge on any atom is 0.230 e. The molecule has 4 unspecified atom stereocenters. The minimum atomic E-state index is -0.161. The van der Waals surface area contributed by atoms with Crippen LogP contribution in [0, 0.1) is 11.8 Å². The molecule has 1 heterocycles. The molecule has 1 aromatic carbocycles. The lowest BCUT2D eigenvalue weighted by atomic mass is 9.89. The fraction of sp³-hybridized carbons (Fsp3) is 0.533. The van der Waals surface area contributed by atoms with Crippen LogP contribution in [0.15, 0.2) is 18.2 Å². The molecule has 0 radical (unpaired) electrons. The smallest absolute Gasteiger partial charge is 0.230 e. The average molecular weight is 278 g/mol. The van der Waals surface area contributed by atoms with Crippen LogP contribution in [0.2, 0.25) is 0 Å². The van der Waals surface area contributed by atoms with Crippen molar-refractivity contribution in [2.75, 3.05) is 18.2 Å². The minimum Gasteiger partial charge on any atom is -0.497 e. The van der Waals surface area contributed by atoms with E-state index in [0.29, 0.717) is 17.1 Å². The second-order valence-electron chi connectivity index (χ2n) is 5.37. The Morgan fingerprint density at radius 3 is 2.50 bits per heavy atom. The summed E-state index contributed by atoms with van der Waals surface area (Å²) in [5.41, 5.74) is 7.01. The number of carbonyl (C=O) groups excluding carboxylic acids is 1.